The predicted octanol–water partition coefficient (Wildman–Crippen LogP) is 2.92. The number of ether oxygens (including phenoxy) is 1. The van der Waals surface area contributed by atoms with Gasteiger partial charge < -0.3 is 19.5 Å². The second-order valence-electron chi connectivity index (χ2n) is 5.41. The van der Waals surface area contributed by atoms with Gasteiger partial charge in [-0.2, -0.15) is 0 Å². The molecule has 1 aromatic carbocycles. The lowest BCUT2D eigenvalue weighted by Crippen LogP contribution is -2.47. The SMILES string of the molecule is Cc1cc(CNC(=O)N2CCO[C@@H](c3ccccc3Cl)C2)no1. The Hall–Kier alpha value is -2.05. The summed E-state index contributed by atoms with van der Waals surface area (Å²) in [4.78, 5) is 14.0. The number of urea groups is 1. The average molecular weight is 336 g/mol. The van der Waals surface area contributed by atoms with E-state index in [-0.39, 0.29) is 12.1 Å². The zero-order valence-corrected chi connectivity index (χ0v) is 13.5. The van der Waals surface area contributed by atoms with Crippen LogP contribution < -0.4 is 5.32 Å². The van der Waals surface area contributed by atoms with Crippen LogP contribution in [0.25, 0.3) is 0 Å². The Bertz CT molecular complexity index is 689. The minimum absolute atomic E-state index is 0.147. The molecular weight excluding hydrogens is 318 g/mol. The third-order valence-electron chi connectivity index (χ3n) is 3.70. The Morgan fingerprint density at radius 2 is 2.30 bits per heavy atom. The molecule has 1 atom stereocenters. The minimum Gasteiger partial charge on any atom is -0.370 e. The molecule has 1 saturated heterocycles. The molecule has 0 saturated carbocycles. The number of hydrogen-bond donors (Lipinski definition) is 1. The largest absolute Gasteiger partial charge is 0.370 e. The summed E-state index contributed by atoms with van der Waals surface area (Å²) in [6.07, 6.45) is -0.211. The van der Waals surface area contributed by atoms with Crippen molar-refractivity contribution in [3.63, 3.8) is 0 Å². The van der Waals surface area contributed by atoms with E-state index in [0.29, 0.717) is 37.0 Å². The van der Waals surface area contributed by atoms with Crippen molar-refractivity contribution >= 4 is 17.6 Å². The quantitative estimate of drug-likeness (QED) is 0.936. The van der Waals surface area contributed by atoms with E-state index in [4.69, 9.17) is 20.9 Å². The molecular formula is C16H18ClN3O3. The van der Waals surface area contributed by atoms with Gasteiger partial charge in [0.1, 0.15) is 17.6 Å². The van der Waals surface area contributed by atoms with Crippen LogP contribution in [-0.2, 0) is 11.3 Å². The number of nitrogens with zero attached hydrogens (tertiary/aromatic N) is 2. The molecule has 0 aliphatic carbocycles. The summed E-state index contributed by atoms with van der Waals surface area (Å²) in [7, 11) is 0. The van der Waals surface area contributed by atoms with Crippen LogP contribution in [0.1, 0.15) is 23.1 Å². The van der Waals surface area contributed by atoms with Gasteiger partial charge in [-0.05, 0) is 13.0 Å². The summed E-state index contributed by atoms with van der Waals surface area (Å²) in [6.45, 7) is 3.64. The molecule has 2 amide bonds. The highest BCUT2D eigenvalue weighted by Crippen LogP contribution is 2.28. The molecule has 2 heterocycles. The summed E-state index contributed by atoms with van der Waals surface area (Å²) in [5.41, 5.74) is 1.60. The number of morpholine rings is 1. The minimum atomic E-state index is -0.211. The van der Waals surface area contributed by atoms with Crippen LogP contribution >= 0.6 is 11.6 Å². The van der Waals surface area contributed by atoms with Crippen molar-refractivity contribution in [1.29, 1.82) is 0 Å². The summed E-state index contributed by atoms with van der Waals surface area (Å²) in [6, 6.07) is 9.19. The van der Waals surface area contributed by atoms with Crippen LogP contribution in [0.5, 0.6) is 0 Å². The van der Waals surface area contributed by atoms with Crippen LogP contribution in [0, 0.1) is 6.92 Å². The second kappa shape index (κ2) is 7.02. The number of halogens is 1. The Kier molecular flexibility index (Phi) is 4.83. The molecule has 122 valence electrons. The van der Waals surface area contributed by atoms with Gasteiger partial charge in [0, 0.05) is 23.2 Å². The van der Waals surface area contributed by atoms with Crippen molar-refractivity contribution in [1.82, 2.24) is 15.4 Å². The maximum atomic E-state index is 12.3. The molecule has 1 N–H and O–H groups in total. The first kappa shape index (κ1) is 15.8. The standard InChI is InChI=1S/C16H18ClN3O3/c1-11-8-12(19-23-11)9-18-16(21)20-6-7-22-15(10-20)13-4-2-3-5-14(13)17/h2-5,8,15H,6-7,9-10H2,1H3,(H,18,21)/t15-/m1/s1. The van der Waals surface area contributed by atoms with Crippen LogP contribution in [0.2, 0.25) is 5.02 Å². The number of aryl methyl sites for hydroxylation is 1. The zero-order chi connectivity index (χ0) is 16.2. The van der Waals surface area contributed by atoms with Gasteiger partial charge in [0.25, 0.3) is 0 Å². The molecule has 0 spiro atoms. The van der Waals surface area contributed by atoms with Crippen molar-refractivity contribution in [2.24, 2.45) is 0 Å². The number of nitrogens with one attached hydrogen (secondary N) is 1. The fourth-order valence-corrected chi connectivity index (χ4v) is 2.79. The van der Waals surface area contributed by atoms with Crippen LogP contribution in [-0.4, -0.2) is 35.8 Å². The van der Waals surface area contributed by atoms with Gasteiger partial charge >= 0.3 is 6.03 Å². The van der Waals surface area contributed by atoms with Crippen molar-refractivity contribution in [2.45, 2.75) is 19.6 Å². The van der Waals surface area contributed by atoms with E-state index in [0.717, 1.165) is 11.3 Å². The van der Waals surface area contributed by atoms with Crippen molar-refractivity contribution < 1.29 is 14.1 Å². The molecule has 1 aromatic heterocycles. The Morgan fingerprint density at radius 1 is 1.48 bits per heavy atom. The lowest BCUT2D eigenvalue weighted by atomic mass is 10.1. The number of hydrogen-bond acceptors (Lipinski definition) is 4. The van der Waals surface area contributed by atoms with E-state index in [9.17, 15) is 4.79 Å². The first-order chi connectivity index (χ1) is 11.1. The number of aromatic nitrogens is 1. The van der Waals surface area contributed by atoms with Gasteiger partial charge in [0.2, 0.25) is 0 Å². The first-order valence-electron chi connectivity index (χ1n) is 7.44. The van der Waals surface area contributed by atoms with Gasteiger partial charge in [0.05, 0.1) is 19.7 Å². The lowest BCUT2D eigenvalue weighted by molar-refractivity contribution is -0.0154. The monoisotopic (exact) mass is 335 g/mol. The van der Waals surface area contributed by atoms with E-state index in [1.54, 1.807) is 11.0 Å². The maximum Gasteiger partial charge on any atom is 0.317 e. The van der Waals surface area contributed by atoms with E-state index in [1.165, 1.54) is 0 Å². The molecule has 7 heteroatoms. The van der Waals surface area contributed by atoms with Gasteiger partial charge in [-0.25, -0.2) is 4.79 Å². The molecule has 1 aliphatic heterocycles. The molecule has 0 radical (unpaired) electrons. The Morgan fingerprint density at radius 3 is 3.04 bits per heavy atom. The number of rotatable bonds is 3. The van der Waals surface area contributed by atoms with Gasteiger partial charge in [-0.1, -0.05) is 35.0 Å². The Labute approximate surface area is 139 Å². The van der Waals surface area contributed by atoms with Crippen LogP contribution in [0.15, 0.2) is 34.9 Å². The van der Waals surface area contributed by atoms with Gasteiger partial charge in [0.15, 0.2) is 0 Å². The van der Waals surface area contributed by atoms with Crippen LogP contribution in [0.4, 0.5) is 4.79 Å². The third-order valence-corrected chi connectivity index (χ3v) is 4.05. The smallest absolute Gasteiger partial charge is 0.317 e. The zero-order valence-electron chi connectivity index (χ0n) is 12.8. The second-order valence-corrected chi connectivity index (χ2v) is 5.82. The highest BCUT2D eigenvalue weighted by atomic mass is 35.5. The van der Waals surface area contributed by atoms with Crippen molar-refractivity contribution in [3.05, 3.63) is 52.4 Å². The van der Waals surface area contributed by atoms with E-state index in [1.807, 2.05) is 31.2 Å². The fraction of sp³-hybridized carbons (Fsp3) is 0.375. The number of amides is 2. The fourth-order valence-electron chi connectivity index (χ4n) is 2.54. The summed E-state index contributed by atoms with van der Waals surface area (Å²) < 4.78 is 10.7. The third kappa shape index (κ3) is 3.83. The number of carbonyl (C=O) groups is 1. The molecule has 0 bridgehead atoms. The Balaban J connectivity index is 1.59. The van der Waals surface area contributed by atoms with Crippen molar-refractivity contribution in [3.8, 4) is 0 Å². The lowest BCUT2D eigenvalue weighted by Gasteiger charge is -2.33. The van der Waals surface area contributed by atoms with E-state index in [2.05, 4.69) is 10.5 Å². The highest BCUT2D eigenvalue weighted by Gasteiger charge is 2.26. The van der Waals surface area contributed by atoms with E-state index < -0.39 is 0 Å². The molecule has 2 aromatic rings. The summed E-state index contributed by atoms with van der Waals surface area (Å²) >= 11 is 6.21. The highest BCUT2D eigenvalue weighted by molar-refractivity contribution is 6.31. The average Bonchev–Trinajstić information content (AvgIpc) is 2.98. The van der Waals surface area contributed by atoms with Crippen LogP contribution in [0.3, 0.4) is 0 Å². The topological polar surface area (TPSA) is 67.6 Å². The first-order valence-corrected chi connectivity index (χ1v) is 7.82. The van der Waals surface area contributed by atoms with Crippen molar-refractivity contribution in [2.75, 3.05) is 19.7 Å². The van der Waals surface area contributed by atoms with E-state index >= 15 is 0 Å². The molecule has 0 unspecified atom stereocenters. The molecule has 3 rings (SSSR count). The van der Waals surface area contributed by atoms with Gasteiger partial charge in [-0.3, -0.25) is 0 Å². The molecule has 1 fully saturated rings. The van der Waals surface area contributed by atoms with Gasteiger partial charge in [-0.15, -0.1) is 0 Å². The maximum absolute atomic E-state index is 12.3. The normalized spacial score (nSPS) is 18.0. The summed E-state index contributed by atoms with van der Waals surface area (Å²) in [5, 5.41) is 7.35. The molecule has 23 heavy (non-hydrogen) atoms. The molecule has 6 nitrogen and oxygen atoms in total. The molecule has 1 aliphatic rings. The number of benzene rings is 1. The predicted molar refractivity (Wildman–Crippen MR) is 85.2 cm³/mol. The summed E-state index contributed by atoms with van der Waals surface area (Å²) in [5.74, 6) is 0.722. The number of carbonyl (C=O) groups excluding carboxylic acids is 1.